The van der Waals surface area contributed by atoms with E-state index in [0.717, 1.165) is 15.9 Å². The first-order valence-electron chi connectivity index (χ1n) is 12.9. The predicted octanol–water partition coefficient (Wildman–Crippen LogP) is 1.34. The molecule has 0 bridgehead atoms. The van der Waals surface area contributed by atoms with Crippen LogP contribution >= 0.6 is 0 Å². The second-order valence-electron chi connectivity index (χ2n) is 10.1. The molecule has 1 fully saturated rings. The maximum Gasteiger partial charge on any atom is 0.323 e. The van der Waals surface area contributed by atoms with Crippen LogP contribution in [0.2, 0.25) is 0 Å². The summed E-state index contributed by atoms with van der Waals surface area (Å²) in [6.45, 7) is 3.65. The molecule has 3 N–H and O–H groups in total. The molecule has 2 unspecified atom stereocenters. The Bertz CT molecular complexity index is 1450. The molecule has 1 aliphatic heterocycles. The lowest BCUT2D eigenvalue weighted by atomic mass is 10.0. The third-order valence-corrected chi connectivity index (χ3v) is 8.51. The Hall–Kier alpha value is -3.61. The number of fused-ring (bicyclic) bond motifs is 1. The molecule has 12 heteroatoms. The Labute approximate surface area is 227 Å². The molecule has 4 rings (SSSR count). The zero-order valence-electron chi connectivity index (χ0n) is 21.9. The fourth-order valence-corrected chi connectivity index (χ4v) is 6.17. The van der Waals surface area contributed by atoms with E-state index < -0.39 is 45.1 Å². The smallest absolute Gasteiger partial charge is 0.323 e. The minimum absolute atomic E-state index is 0.0787. The summed E-state index contributed by atoms with van der Waals surface area (Å²) < 4.78 is 27.4. The molecule has 1 aromatic carbocycles. The van der Waals surface area contributed by atoms with E-state index in [4.69, 9.17) is 0 Å². The molecule has 39 heavy (non-hydrogen) atoms. The molecular formula is C27H33N5O6S. The first-order chi connectivity index (χ1) is 18.6. The second kappa shape index (κ2) is 12.1. The van der Waals surface area contributed by atoms with Crippen molar-refractivity contribution in [3.63, 3.8) is 0 Å². The third-order valence-electron chi connectivity index (χ3n) is 6.66. The summed E-state index contributed by atoms with van der Waals surface area (Å²) in [4.78, 5) is 30.7. The van der Waals surface area contributed by atoms with Gasteiger partial charge in [0.15, 0.2) is 6.20 Å². The normalized spacial score (nSPS) is 19.4. The number of aliphatic hydroxyl groups excluding tert-OH is 1. The van der Waals surface area contributed by atoms with Crippen LogP contribution in [0.4, 0.5) is 0 Å². The molecule has 3 heterocycles. The zero-order chi connectivity index (χ0) is 28.2. The highest BCUT2D eigenvalue weighted by molar-refractivity contribution is 7.88. The van der Waals surface area contributed by atoms with Crippen molar-refractivity contribution in [2.75, 3.05) is 13.1 Å². The van der Waals surface area contributed by atoms with Gasteiger partial charge in [0, 0.05) is 30.6 Å². The van der Waals surface area contributed by atoms with Gasteiger partial charge in [0.05, 0.1) is 17.7 Å². The maximum absolute atomic E-state index is 13.3. The van der Waals surface area contributed by atoms with Gasteiger partial charge in [0.1, 0.15) is 11.7 Å². The molecule has 1 saturated heterocycles. The summed E-state index contributed by atoms with van der Waals surface area (Å²) in [5.74, 6) is -0.886. The van der Waals surface area contributed by atoms with Gasteiger partial charge in [-0.1, -0.05) is 38.1 Å². The van der Waals surface area contributed by atoms with Crippen molar-refractivity contribution in [1.29, 1.82) is 0 Å². The van der Waals surface area contributed by atoms with Crippen molar-refractivity contribution < 1.29 is 27.8 Å². The quantitative estimate of drug-likeness (QED) is 0.280. The molecule has 2 aromatic heterocycles. The van der Waals surface area contributed by atoms with E-state index >= 15 is 0 Å². The molecule has 208 valence electrons. The van der Waals surface area contributed by atoms with Crippen molar-refractivity contribution in [2.24, 2.45) is 5.92 Å². The molecule has 2 amide bonds. The number of β-amino-alcohol motifs (C(OH)–C–C–N with tert-alkyl or cyclic N) is 1. The van der Waals surface area contributed by atoms with Crippen LogP contribution in [0, 0.1) is 11.1 Å². The molecule has 0 spiro atoms. The Morgan fingerprint density at radius 1 is 1.15 bits per heavy atom. The third kappa shape index (κ3) is 6.70. The van der Waals surface area contributed by atoms with Crippen molar-refractivity contribution >= 4 is 32.7 Å². The van der Waals surface area contributed by atoms with Crippen LogP contribution in [0.5, 0.6) is 0 Å². The average molecular weight is 556 g/mol. The SMILES string of the molecule is CC(C)C[C@H](NC(=O)c1ccc2ccccc2n1)C(=O)NC1CCCN(S(=O)(=O)c2cccc[n+]2[O-])CC1O. The molecule has 0 aliphatic carbocycles. The summed E-state index contributed by atoms with van der Waals surface area (Å²) >= 11 is 0. The van der Waals surface area contributed by atoms with Crippen LogP contribution in [0.15, 0.2) is 65.8 Å². The Balaban J connectivity index is 1.45. The number of aliphatic hydroxyl groups is 1. The maximum atomic E-state index is 13.3. The Kier molecular flexibility index (Phi) is 8.78. The number of hydrogen-bond donors (Lipinski definition) is 3. The standard InChI is InChI=1S/C27H33N5O6S/c1-18(2)16-23(30-26(34)22-13-12-19-8-3-4-9-20(19)28-22)27(35)29-21-10-7-14-31(17-24(21)33)39(37,38)25-11-5-6-15-32(25)36/h3-6,8-9,11-13,15,18,21,23-24,33H,7,10,14,16-17H2,1-2H3,(H,29,35)(H,30,34)/t21?,23-,24?/m0/s1. The van der Waals surface area contributed by atoms with E-state index in [1.54, 1.807) is 18.2 Å². The van der Waals surface area contributed by atoms with Crippen molar-refractivity contribution in [1.82, 2.24) is 19.9 Å². The van der Waals surface area contributed by atoms with Crippen LogP contribution < -0.4 is 15.4 Å². The summed E-state index contributed by atoms with van der Waals surface area (Å²) in [5.41, 5.74) is 0.844. The van der Waals surface area contributed by atoms with Gasteiger partial charge in [-0.3, -0.25) is 9.59 Å². The van der Waals surface area contributed by atoms with Crippen LogP contribution in [0.1, 0.15) is 43.6 Å². The Morgan fingerprint density at radius 3 is 2.64 bits per heavy atom. The van der Waals surface area contributed by atoms with Crippen LogP contribution in [0.3, 0.4) is 0 Å². The van der Waals surface area contributed by atoms with Gasteiger partial charge in [-0.15, -0.1) is 0 Å². The van der Waals surface area contributed by atoms with E-state index in [-0.39, 0.29) is 29.4 Å². The minimum atomic E-state index is -4.15. The Morgan fingerprint density at radius 2 is 1.90 bits per heavy atom. The monoisotopic (exact) mass is 555 g/mol. The summed E-state index contributed by atoms with van der Waals surface area (Å²) in [6.07, 6.45) is 0.911. The van der Waals surface area contributed by atoms with Crippen LogP contribution in [-0.2, 0) is 14.8 Å². The fourth-order valence-electron chi connectivity index (χ4n) is 4.65. The van der Waals surface area contributed by atoms with E-state index in [9.17, 15) is 28.3 Å². The number of amides is 2. The first-order valence-corrected chi connectivity index (χ1v) is 14.3. The largest absolute Gasteiger partial charge is 0.618 e. The minimum Gasteiger partial charge on any atom is -0.618 e. The highest BCUT2D eigenvalue weighted by Crippen LogP contribution is 2.20. The number of aromatic nitrogens is 2. The zero-order valence-corrected chi connectivity index (χ0v) is 22.7. The lowest BCUT2D eigenvalue weighted by Crippen LogP contribution is -2.54. The number of pyridine rings is 2. The number of nitrogens with one attached hydrogen (secondary N) is 2. The average Bonchev–Trinajstić information content (AvgIpc) is 3.09. The van der Waals surface area contributed by atoms with Gasteiger partial charge in [-0.2, -0.15) is 9.04 Å². The van der Waals surface area contributed by atoms with Crippen molar-refractivity contribution in [3.8, 4) is 0 Å². The molecular weight excluding hydrogens is 522 g/mol. The van der Waals surface area contributed by atoms with Crippen LogP contribution in [-0.4, -0.2) is 65.9 Å². The number of benzene rings is 1. The molecule has 0 saturated carbocycles. The number of para-hydroxylation sites is 1. The molecule has 3 aromatic rings. The van der Waals surface area contributed by atoms with Gasteiger partial charge >= 0.3 is 15.0 Å². The lowest BCUT2D eigenvalue weighted by Gasteiger charge is -2.27. The van der Waals surface area contributed by atoms with E-state index in [0.29, 0.717) is 24.8 Å². The molecule has 3 atom stereocenters. The van der Waals surface area contributed by atoms with E-state index in [2.05, 4.69) is 15.6 Å². The summed E-state index contributed by atoms with van der Waals surface area (Å²) in [6, 6.07) is 13.3. The number of sulfonamides is 1. The summed E-state index contributed by atoms with van der Waals surface area (Å²) in [7, 11) is -4.15. The van der Waals surface area contributed by atoms with E-state index in [1.165, 1.54) is 18.2 Å². The first kappa shape index (κ1) is 28.4. The highest BCUT2D eigenvalue weighted by Gasteiger charge is 2.37. The lowest BCUT2D eigenvalue weighted by molar-refractivity contribution is -0.646. The van der Waals surface area contributed by atoms with Gasteiger partial charge in [0.25, 0.3) is 5.91 Å². The van der Waals surface area contributed by atoms with Crippen molar-refractivity contribution in [2.45, 2.75) is 56.3 Å². The second-order valence-corrected chi connectivity index (χ2v) is 12.0. The number of carbonyl (C=O) groups excluding carboxylic acids is 2. The molecule has 11 nitrogen and oxygen atoms in total. The van der Waals surface area contributed by atoms with Crippen molar-refractivity contribution in [3.05, 3.63) is 71.7 Å². The van der Waals surface area contributed by atoms with Gasteiger partial charge < -0.3 is 20.9 Å². The highest BCUT2D eigenvalue weighted by atomic mass is 32.2. The number of hydrogen-bond acceptors (Lipinski definition) is 7. The van der Waals surface area contributed by atoms with Gasteiger partial charge in [-0.25, -0.2) is 13.4 Å². The van der Waals surface area contributed by atoms with E-state index in [1.807, 2.05) is 32.0 Å². The predicted molar refractivity (Wildman–Crippen MR) is 144 cm³/mol. The number of rotatable bonds is 8. The topological polar surface area (TPSA) is 156 Å². The number of nitrogens with zero attached hydrogens (tertiary/aromatic N) is 3. The number of carbonyl (C=O) groups is 2. The molecule has 1 aliphatic rings. The fraction of sp³-hybridized carbons (Fsp3) is 0.407. The van der Waals surface area contributed by atoms with Gasteiger partial charge in [-0.05, 0) is 43.4 Å². The molecule has 0 radical (unpaired) electrons. The van der Waals surface area contributed by atoms with Crippen LogP contribution in [0.25, 0.3) is 10.9 Å². The van der Waals surface area contributed by atoms with Gasteiger partial charge in [0.2, 0.25) is 5.91 Å². The summed E-state index contributed by atoms with van der Waals surface area (Å²) in [5, 5.41) is 29.0.